The molecule has 1 amide bonds. The predicted molar refractivity (Wildman–Crippen MR) is 81.1 cm³/mol. The van der Waals surface area contributed by atoms with Gasteiger partial charge in [-0.1, -0.05) is 12.1 Å². The third-order valence-corrected chi connectivity index (χ3v) is 3.54. The molecule has 0 aliphatic heterocycles. The summed E-state index contributed by atoms with van der Waals surface area (Å²) in [5, 5.41) is 4.80. The Morgan fingerprint density at radius 1 is 1.29 bits per heavy atom. The van der Waals surface area contributed by atoms with E-state index in [0.29, 0.717) is 0 Å². The summed E-state index contributed by atoms with van der Waals surface area (Å²) in [6.45, 7) is 0. The van der Waals surface area contributed by atoms with Gasteiger partial charge in [0.15, 0.2) is 0 Å². The molecule has 0 bridgehead atoms. The molecule has 0 aliphatic rings. The first-order chi connectivity index (χ1) is 8.24. The second kappa shape index (κ2) is 5.97. The number of hydrogen-bond acceptors (Lipinski definition) is 2. The Balaban J connectivity index is 1.98. The topological polar surface area (TPSA) is 29.1 Å². The molecule has 0 unspecified atom stereocenters. The van der Waals surface area contributed by atoms with Crippen molar-refractivity contribution >= 4 is 51.6 Å². The highest BCUT2D eigenvalue weighted by Gasteiger charge is 1.98. The van der Waals surface area contributed by atoms with Gasteiger partial charge in [0.25, 0.3) is 0 Å². The van der Waals surface area contributed by atoms with E-state index in [2.05, 4.69) is 27.9 Å². The first kappa shape index (κ1) is 12.3. The van der Waals surface area contributed by atoms with Crippen molar-refractivity contribution in [2.75, 3.05) is 5.32 Å². The Kier molecular flexibility index (Phi) is 4.33. The molecule has 1 aromatic carbocycles. The van der Waals surface area contributed by atoms with Crippen LogP contribution in [-0.4, -0.2) is 5.91 Å². The van der Waals surface area contributed by atoms with E-state index < -0.39 is 0 Å². The van der Waals surface area contributed by atoms with Crippen molar-refractivity contribution in [2.24, 2.45) is 0 Å². The molecule has 17 heavy (non-hydrogen) atoms. The minimum Gasteiger partial charge on any atom is -0.322 e. The maximum absolute atomic E-state index is 11.6. The number of amides is 1. The lowest BCUT2D eigenvalue weighted by Gasteiger charge is -2.01. The summed E-state index contributed by atoms with van der Waals surface area (Å²) >= 11 is 3.82. The van der Waals surface area contributed by atoms with Gasteiger partial charge in [0.2, 0.25) is 5.91 Å². The summed E-state index contributed by atoms with van der Waals surface area (Å²) in [4.78, 5) is 12.7. The number of carbonyl (C=O) groups is 1. The molecule has 86 valence electrons. The highest BCUT2D eigenvalue weighted by Crippen LogP contribution is 2.13. The SMILES string of the molecule is O=C(/C=C/c1cccs1)Nc1cccc(I)c1. The van der Waals surface area contributed by atoms with Crippen LogP contribution in [0.5, 0.6) is 0 Å². The molecule has 0 radical (unpaired) electrons. The van der Waals surface area contributed by atoms with Crippen LogP contribution < -0.4 is 5.32 Å². The molecule has 1 N–H and O–H groups in total. The Morgan fingerprint density at radius 3 is 2.88 bits per heavy atom. The van der Waals surface area contributed by atoms with Crippen molar-refractivity contribution in [3.05, 3.63) is 56.3 Å². The highest BCUT2D eigenvalue weighted by atomic mass is 127. The molecule has 1 aromatic heterocycles. The van der Waals surface area contributed by atoms with E-state index in [0.717, 1.165) is 14.1 Å². The van der Waals surface area contributed by atoms with Crippen LogP contribution in [0, 0.1) is 3.57 Å². The second-order valence-electron chi connectivity index (χ2n) is 3.35. The van der Waals surface area contributed by atoms with Crippen molar-refractivity contribution in [3.63, 3.8) is 0 Å². The summed E-state index contributed by atoms with van der Waals surface area (Å²) in [7, 11) is 0. The van der Waals surface area contributed by atoms with E-state index in [-0.39, 0.29) is 5.91 Å². The zero-order valence-corrected chi connectivity index (χ0v) is 11.9. The van der Waals surface area contributed by atoms with Gasteiger partial charge >= 0.3 is 0 Å². The fourth-order valence-corrected chi connectivity index (χ4v) is 2.46. The van der Waals surface area contributed by atoms with Gasteiger partial charge in [0.1, 0.15) is 0 Å². The minimum atomic E-state index is -0.111. The van der Waals surface area contributed by atoms with Crippen LogP contribution in [0.25, 0.3) is 6.08 Å². The summed E-state index contributed by atoms with van der Waals surface area (Å²) in [6, 6.07) is 11.6. The van der Waals surface area contributed by atoms with Gasteiger partial charge in [-0.2, -0.15) is 0 Å². The number of thiophene rings is 1. The number of benzene rings is 1. The summed E-state index contributed by atoms with van der Waals surface area (Å²) in [5.41, 5.74) is 0.817. The second-order valence-corrected chi connectivity index (χ2v) is 5.57. The molecule has 0 aliphatic carbocycles. The van der Waals surface area contributed by atoms with Crippen LogP contribution in [0.4, 0.5) is 5.69 Å². The van der Waals surface area contributed by atoms with Crippen LogP contribution in [0.2, 0.25) is 0 Å². The number of anilines is 1. The Hall–Kier alpha value is -1.14. The van der Waals surface area contributed by atoms with Crippen molar-refractivity contribution in [3.8, 4) is 0 Å². The highest BCUT2D eigenvalue weighted by molar-refractivity contribution is 14.1. The van der Waals surface area contributed by atoms with Crippen LogP contribution >= 0.6 is 33.9 Å². The van der Waals surface area contributed by atoms with Crippen molar-refractivity contribution in [1.29, 1.82) is 0 Å². The lowest BCUT2D eigenvalue weighted by atomic mass is 10.3. The number of rotatable bonds is 3. The van der Waals surface area contributed by atoms with Gasteiger partial charge in [0, 0.05) is 20.2 Å². The molecule has 2 nitrogen and oxygen atoms in total. The van der Waals surface area contributed by atoms with Crippen LogP contribution in [0.1, 0.15) is 4.88 Å². The monoisotopic (exact) mass is 355 g/mol. The molecule has 1 heterocycles. The number of carbonyl (C=O) groups excluding carboxylic acids is 1. The minimum absolute atomic E-state index is 0.111. The van der Waals surface area contributed by atoms with Gasteiger partial charge in [-0.05, 0) is 58.3 Å². The zero-order valence-electron chi connectivity index (χ0n) is 8.89. The van der Waals surface area contributed by atoms with Crippen molar-refractivity contribution < 1.29 is 4.79 Å². The standard InChI is InChI=1S/C13H10INOS/c14-10-3-1-4-11(9-10)15-13(16)7-6-12-5-2-8-17-12/h1-9H,(H,15,16)/b7-6+. The molecule has 4 heteroatoms. The maximum atomic E-state index is 11.6. The third kappa shape index (κ3) is 3.98. The Morgan fingerprint density at radius 2 is 2.18 bits per heavy atom. The zero-order chi connectivity index (χ0) is 12.1. The first-order valence-corrected chi connectivity index (χ1v) is 6.98. The van der Waals surface area contributed by atoms with E-state index in [4.69, 9.17) is 0 Å². The fraction of sp³-hybridized carbons (Fsp3) is 0. The quantitative estimate of drug-likeness (QED) is 0.654. The van der Waals surface area contributed by atoms with Crippen molar-refractivity contribution in [1.82, 2.24) is 0 Å². The molecule has 0 atom stereocenters. The lowest BCUT2D eigenvalue weighted by molar-refractivity contribution is -0.111. The summed E-state index contributed by atoms with van der Waals surface area (Å²) in [5.74, 6) is -0.111. The van der Waals surface area contributed by atoms with Gasteiger partial charge in [-0.25, -0.2) is 0 Å². The Labute approximate surface area is 118 Å². The molecule has 0 fully saturated rings. The Bertz CT molecular complexity index is 534. The lowest BCUT2D eigenvalue weighted by Crippen LogP contribution is -2.07. The molecule has 0 saturated carbocycles. The van der Waals surface area contributed by atoms with E-state index in [1.165, 1.54) is 0 Å². The smallest absolute Gasteiger partial charge is 0.248 e. The fourth-order valence-electron chi connectivity index (χ4n) is 1.29. The molecular weight excluding hydrogens is 345 g/mol. The molecule has 2 rings (SSSR count). The average molecular weight is 355 g/mol. The molecule has 0 saturated heterocycles. The molecule has 2 aromatic rings. The maximum Gasteiger partial charge on any atom is 0.248 e. The summed E-state index contributed by atoms with van der Waals surface area (Å²) < 4.78 is 1.10. The predicted octanol–water partition coefficient (Wildman–Crippen LogP) is 4.00. The van der Waals surface area contributed by atoms with Gasteiger partial charge in [0.05, 0.1) is 0 Å². The third-order valence-electron chi connectivity index (χ3n) is 2.03. The van der Waals surface area contributed by atoms with Gasteiger partial charge in [-0.3, -0.25) is 4.79 Å². The van der Waals surface area contributed by atoms with E-state index in [1.807, 2.05) is 47.9 Å². The molecule has 0 spiro atoms. The average Bonchev–Trinajstić information content (AvgIpc) is 2.79. The number of nitrogens with one attached hydrogen (secondary N) is 1. The van der Waals surface area contributed by atoms with Gasteiger partial charge < -0.3 is 5.32 Å². The largest absolute Gasteiger partial charge is 0.322 e. The number of halogens is 1. The van der Waals surface area contributed by atoms with Crippen molar-refractivity contribution in [2.45, 2.75) is 0 Å². The van der Waals surface area contributed by atoms with Gasteiger partial charge in [-0.15, -0.1) is 11.3 Å². The molecular formula is C13H10INOS. The van der Waals surface area contributed by atoms with E-state index in [1.54, 1.807) is 17.4 Å². The van der Waals surface area contributed by atoms with Crippen LogP contribution in [0.3, 0.4) is 0 Å². The van der Waals surface area contributed by atoms with Crippen LogP contribution in [0.15, 0.2) is 47.9 Å². The normalized spacial score (nSPS) is 10.6. The van der Waals surface area contributed by atoms with Crippen LogP contribution in [-0.2, 0) is 4.79 Å². The number of hydrogen-bond donors (Lipinski definition) is 1. The summed E-state index contributed by atoms with van der Waals surface area (Å²) in [6.07, 6.45) is 3.36. The van der Waals surface area contributed by atoms with E-state index >= 15 is 0 Å². The van der Waals surface area contributed by atoms with E-state index in [9.17, 15) is 4.79 Å². The first-order valence-electron chi connectivity index (χ1n) is 5.02.